The van der Waals surface area contributed by atoms with E-state index in [1.807, 2.05) is 13.8 Å². The van der Waals surface area contributed by atoms with Gasteiger partial charge in [-0.25, -0.2) is 4.98 Å². The largest absolute Gasteiger partial charge is 0.344 e. The van der Waals surface area contributed by atoms with Crippen molar-refractivity contribution in [1.82, 2.24) is 19.9 Å². The normalized spacial score (nSPS) is 12.7. The minimum absolute atomic E-state index is 0.0516. The van der Waals surface area contributed by atoms with Gasteiger partial charge in [-0.2, -0.15) is 8.78 Å². The molecule has 0 unspecified atom stereocenters. The zero-order chi connectivity index (χ0) is 15.6. The lowest BCUT2D eigenvalue weighted by atomic mass is 10.2. The van der Waals surface area contributed by atoms with Crippen molar-refractivity contribution in [3.8, 4) is 0 Å². The van der Waals surface area contributed by atoms with Gasteiger partial charge < -0.3 is 10.3 Å². The first-order valence-corrected chi connectivity index (χ1v) is 6.72. The molecule has 1 amide bonds. The van der Waals surface area contributed by atoms with Crippen LogP contribution >= 0.6 is 0 Å². The van der Waals surface area contributed by atoms with Crippen molar-refractivity contribution in [2.75, 3.05) is 0 Å². The number of hydrogen-bond donors (Lipinski definition) is 2. The number of halogens is 2. The molecule has 0 radical (unpaired) electrons. The molecule has 2 aromatic heterocycles. The molecule has 0 aliphatic carbocycles. The van der Waals surface area contributed by atoms with Crippen LogP contribution in [0.2, 0.25) is 0 Å². The van der Waals surface area contributed by atoms with E-state index < -0.39 is 12.5 Å². The molecule has 0 spiro atoms. The SMILES string of the molecule is CC[C@@H](NC(=O)c1ccc(C)n1C(F)F)c1ncc(C)[nH]1. The summed E-state index contributed by atoms with van der Waals surface area (Å²) in [6.45, 7) is 2.54. The van der Waals surface area contributed by atoms with E-state index in [9.17, 15) is 13.6 Å². The lowest BCUT2D eigenvalue weighted by Crippen LogP contribution is -2.31. The van der Waals surface area contributed by atoms with Gasteiger partial charge in [-0.3, -0.25) is 9.36 Å². The maximum atomic E-state index is 13.0. The van der Waals surface area contributed by atoms with E-state index in [0.29, 0.717) is 17.9 Å². The summed E-state index contributed by atoms with van der Waals surface area (Å²) in [4.78, 5) is 19.4. The molecule has 21 heavy (non-hydrogen) atoms. The molecule has 0 aromatic carbocycles. The Kier molecular flexibility index (Phi) is 4.40. The second kappa shape index (κ2) is 6.07. The monoisotopic (exact) mass is 296 g/mol. The fourth-order valence-corrected chi connectivity index (χ4v) is 2.20. The number of nitrogens with one attached hydrogen (secondary N) is 2. The van der Waals surface area contributed by atoms with Crippen molar-refractivity contribution >= 4 is 5.91 Å². The standard InChI is InChI=1S/C14H18F2N4O/c1-4-10(12-17-7-8(2)18-12)19-13(21)11-6-5-9(3)20(11)14(15)16/h5-7,10,14H,4H2,1-3H3,(H,17,18)(H,19,21)/t10-/m1/s1. The van der Waals surface area contributed by atoms with Crippen molar-refractivity contribution in [1.29, 1.82) is 0 Å². The third kappa shape index (κ3) is 3.12. The smallest absolute Gasteiger partial charge is 0.319 e. The number of H-pyrrole nitrogens is 1. The zero-order valence-corrected chi connectivity index (χ0v) is 12.2. The molecule has 1 atom stereocenters. The number of aromatic amines is 1. The molecule has 0 bridgehead atoms. The predicted molar refractivity (Wildman–Crippen MR) is 74.2 cm³/mol. The van der Waals surface area contributed by atoms with Crippen LogP contribution in [0.4, 0.5) is 8.78 Å². The Morgan fingerprint density at radius 3 is 2.67 bits per heavy atom. The van der Waals surface area contributed by atoms with Crippen LogP contribution in [0.25, 0.3) is 0 Å². The summed E-state index contributed by atoms with van der Waals surface area (Å²) >= 11 is 0. The van der Waals surface area contributed by atoms with Crippen LogP contribution in [0.1, 0.15) is 53.6 Å². The number of nitrogens with zero attached hydrogens (tertiary/aromatic N) is 2. The predicted octanol–water partition coefficient (Wildman–Crippen LogP) is 3.10. The van der Waals surface area contributed by atoms with E-state index in [1.165, 1.54) is 19.1 Å². The molecule has 114 valence electrons. The average molecular weight is 296 g/mol. The molecule has 2 aromatic rings. The van der Waals surface area contributed by atoms with Crippen LogP contribution < -0.4 is 5.32 Å². The minimum atomic E-state index is -2.74. The molecule has 5 nitrogen and oxygen atoms in total. The molecule has 2 rings (SSSR count). The molecule has 0 fully saturated rings. The summed E-state index contributed by atoms with van der Waals surface area (Å²) in [5.74, 6) is 0.0829. The Bertz CT molecular complexity index is 633. The highest BCUT2D eigenvalue weighted by Gasteiger charge is 2.22. The van der Waals surface area contributed by atoms with Crippen LogP contribution in [0.15, 0.2) is 18.3 Å². The number of imidazole rings is 1. The molecular formula is C14H18F2N4O. The summed E-state index contributed by atoms with van der Waals surface area (Å²) in [6.07, 6.45) is 2.27. The van der Waals surface area contributed by atoms with Gasteiger partial charge in [0.25, 0.3) is 5.91 Å². The van der Waals surface area contributed by atoms with Crippen LogP contribution in [-0.2, 0) is 0 Å². The number of rotatable bonds is 5. The van der Waals surface area contributed by atoms with E-state index >= 15 is 0 Å². The van der Waals surface area contributed by atoms with Crippen molar-refractivity contribution in [2.24, 2.45) is 0 Å². The number of hydrogen-bond acceptors (Lipinski definition) is 2. The van der Waals surface area contributed by atoms with E-state index in [0.717, 1.165) is 10.3 Å². The van der Waals surface area contributed by atoms with E-state index in [-0.39, 0.29) is 11.7 Å². The summed E-state index contributed by atoms with van der Waals surface area (Å²) < 4.78 is 26.7. The summed E-state index contributed by atoms with van der Waals surface area (Å²) in [7, 11) is 0. The number of alkyl halides is 2. The van der Waals surface area contributed by atoms with Gasteiger partial charge in [0.1, 0.15) is 11.5 Å². The number of aromatic nitrogens is 3. The maximum absolute atomic E-state index is 13.0. The molecule has 0 aliphatic rings. The third-order valence-corrected chi connectivity index (χ3v) is 3.32. The highest BCUT2D eigenvalue weighted by Crippen LogP contribution is 2.20. The first kappa shape index (κ1) is 15.2. The zero-order valence-electron chi connectivity index (χ0n) is 12.2. The molecule has 7 heteroatoms. The second-order valence-electron chi connectivity index (χ2n) is 4.89. The molecule has 2 heterocycles. The van der Waals surface area contributed by atoms with Crippen molar-refractivity contribution < 1.29 is 13.6 Å². The summed E-state index contributed by atoms with van der Waals surface area (Å²) in [6, 6.07) is 2.56. The second-order valence-corrected chi connectivity index (χ2v) is 4.89. The summed E-state index contributed by atoms with van der Waals surface area (Å²) in [5, 5.41) is 2.73. The number of amides is 1. The van der Waals surface area contributed by atoms with Crippen LogP contribution in [0, 0.1) is 13.8 Å². The fourth-order valence-electron chi connectivity index (χ4n) is 2.20. The first-order valence-electron chi connectivity index (χ1n) is 6.72. The third-order valence-electron chi connectivity index (χ3n) is 3.32. The van der Waals surface area contributed by atoms with Crippen molar-refractivity contribution in [3.05, 3.63) is 41.2 Å². The molecular weight excluding hydrogens is 278 g/mol. The summed E-state index contributed by atoms with van der Waals surface area (Å²) in [5.41, 5.74) is 1.17. The van der Waals surface area contributed by atoms with Crippen molar-refractivity contribution in [3.63, 3.8) is 0 Å². The van der Waals surface area contributed by atoms with E-state index in [1.54, 1.807) is 6.20 Å². The number of aryl methyl sites for hydroxylation is 2. The van der Waals surface area contributed by atoms with Crippen molar-refractivity contribution in [2.45, 2.75) is 39.8 Å². The molecule has 2 N–H and O–H groups in total. The quantitative estimate of drug-likeness (QED) is 0.890. The van der Waals surface area contributed by atoms with Gasteiger partial charge in [0.15, 0.2) is 0 Å². The fraction of sp³-hybridized carbons (Fsp3) is 0.429. The van der Waals surface area contributed by atoms with Crippen LogP contribution in [-0.4, -0.2) is 20.4 Å². The Labute approximate surface area is 121 Å². The van der Waals surface area contributed by atoms with E-state index in [2.05, 4.69) is 15.3 Å². The lowest BCUT2D eigenvalue weighted by molar-refractivity contribution is 0.0613. The number of carbonyl (C=O) groups is 1. The lowest BCUT2D eigenvalue weighted by Gasteiger charge is -2.16. The Hall–Kier alpha value is -2.18. The van der Waals surface area contributed by atoms with Gasteiger partial charge >= 0.3 is 6.55 Å². The Morgan fingerprint density at radius 1 is 1.43 bits per heavy atom. The highest BCUT2D eigenvalue weighted by molar-refractivity contribution is 5.93. The van der Waals surface area contributed by atoms with Gasteiger partial charge in [-0.05, 0) is 32.4 Å². The number of carbonyl (C=O) groups excluding carboxylic acids is 1. The molecule has 0 saturated heterocycles. The Balaban J connectivity index is 2.21. The Morgan fingerprint density at radius 2 is 2.14 bits per heavy atom. The topological polar surface area (TPSA) is 62.7 Å². The highest BCUT2D eigenvalue weighted by atomic mass is 19.3. The van der Waals surface area contributed by atoms with Gasteiger partial charge in [0.05, 0.1) is 6.04 Å². The minimum Gasteiger partial charge on any atom is -0.344 e. The van der Waals surface area contributed by atoms with Crippen LogP contribution in [0.3, 0.4) is 0 Å². The van der Waals surface area contributed by atoms with Gasteiger partial charge in [-0.15, -0.1) is 0 Å². The first-order chi connectivity index (χ1) is 9.93. The maximum Gasteiger partial charge on any atom is 0.319 e. The van der Waals surface area contributed by atoms with Crippen LogP contribution in [0.5, 0.6) is 0 Å². The van der Waals surface area contributed by atoms with E-state index in [4.69, 9.17) is 0 Å². The average Bonchev–Trinajstić information content (AvgIpc) is 3.01. The molecule has 0 aliphatic heterocycles. The van der Waals surface area contributed by atoms with Gasteiger partial charge in [0.2, 0.25) is 0 Å². The molecule has 0 saturated carbocycles. The van der Waals surface area contributed by atoms with Gasteiger partial charge in [0, 0.05) is 17.6 Å². The van der Waals surface area contributed by atoms with Gasteiger partial charge in [-0.1, -0.05) is 6.92 Å².